The second-order valence-corrected chi connectivity index (χ2v) is 2.54. The summed E-state index contributed by atoms with van der Waals surface area (Å²) in [5, 5.41) is 0. The van der Waals surface area contributed by atoms with Gasteiger partial charge in [-0.2, -0.15) is 0 Å². The van der Waals surface area contributed by atoms with Gasteiger partial charge in [-0.3, -0.25) is 19.4 Å². The number of hydrogen-bond donors (Lipinski definition) is 0. The van der Waals surface area contributed by atoms with Gasteiger partial charge in [0.2, 0.25) is 0 Å². The first kappa shape index (κ1) is 9.44. The number of carbonyl (C=O) groups excluding carboxylic acids is 3. The molecule has 1 aliphatic heterocycles. The van der Waals surface area contributed by atoms with E-state index in [2.05, 4.69) is 6.58 Å². The van der Waals surface area contributed by atoms with Crippen molar-refractivity contribution >= 4 is 17.8 Å². The summed E-state index contributed by atoms with van der Waals surface area (Å²) in [6.07, 6.45) is 1.40. The smallest absolute Gasteiger partial charge is 0.263 e. The summed E-state index contributed by atoms with van der Waals surface area (Å²) < 4.78 is 0. The molecule has 1 rings (SSSR count). The van der Waals surface area contributed by atoms with E-state index in [4.69, 9.17) is 0 Å². The molecule has 0 unspecified atom stereocenters. The summed E-state index contributed by atoms with van der Waals surface area (Å²) in [5.74, 6) is -1.53. The molecule has 1 saturated heterocycles. The normalized spacial score (nSPS) is 17.2. The first-order valence-corrected chi connectivity index (χ1v) is 3.91. The van der Waals surface area contributed by atoms with Crippen LogP contribution in [0.2, 0.25) is 0 Å². The van der Waals surface area contributed by atoms with Gasteiger partial charge in [-0.1, -0.05) is 6.08 Å². The van der Waals surface area contributed by atoms with Gasteiger partial charge in [-0.05, 0) is 6.92 Å². The molecule has 4 amide bonds. The summed E-state index contributed by atoms with van der Waals surface area (Å²) in [7, 11) is 0. The van der Waals surface area contributed by atoms with Gasteiger partial charge in [0.25, 0.3) is 0 Å². The summed E-state index contributed by atoms with van der Waals surface area (Å²) in [6.45, 7) is 5.33. The topological polar surface area (TPSA) is 57.7 Å². The van der Waals surface area contributed by atoms with Gasteiger partial charge < -0.3 is 0 Å². The van der Waals surface area contributed by atoms with Gasteiger partial charge in [0.1, 0.15) is 0 Å². The lowest BCUT2D eigenvalue weighted by Gasteiger charge is -2.11. The van der Waals surface area contributed by atoms with Crippen LogP contribution in [0.15, 0.2) is 12.7 Å². The SMILES string of the molecule is C=CCN1C(=O)C(=O)N(CC)C1=O. The van der Waals surface area contributed by atoms with E-state index in [-0.39, 0.29) is 13.1 Å². The van der Waals surface area contributed by atoms with Crippen LogP contribution in [0.4, 0.5) is 4.79 Å². The van der Waals surface area contributed by atoms with Crippen LogP contribution in [0.5, 0.6) is 0 Å². The molecule has 0 aliphatic carbocycles. The van der Waals surface area contributed by atoms with E-state index in [9.17, 15) is 14.4 Å². The molecule has 70 valence electrons. The second kappa shape index (κ2) is 3.38. The summed E-state index contributed by atoms with van der Waals surface area (Å²) in [6, 6.07) is -0.558. The van der Waals surface area contributed by atoms with Crippen LogP contribution in [0.3, 0.4) is 0 Å². The molecule has 0 aromatic rings. The lowest BCUT2D eigenvalue weighted by atomic mass is 10.5. The molecular formula is C8H10N2O3. The Hall–Kier alpha value is -1.65. The molecule has 5 nitrogen and oxygen atoms in total. The number of likely N-dealkylation sites (N-methyl/N-ethyl adjacent to an activating group) is 1. The first-order chi connectivity index (χ1) is 6.13. The van der Waals surface area contributed by atoms with Crippen molar-refractivity contribution in [1.82, 2.24) is 9.80 Å². The van der Waals surface area contributed by atoms with Crippen LogP contribution in [-0.2, 0) is 9.59 Å². The minimum absolute atomic E-state index is 0.0832. The van der Waals surface area contributed by atoms with Crippen LogP contribution in [0.25, 0.3) is 0 Å². The Kier molecular flexibility index (Phi) is 2.46. The van der Waals surface area contributed by atoms with Gasteiger partial charge in [-0.15, -0.1) is 6.58 Å². The van der Waals surface area contributed by atoms with Crippen LogP contribution < -0.4 is 0 Å². The van der Waals surface area contributed by atoms with Gasteiger partial charge in [0, 0.05) is 13.1 Å². The van der Waals surface area contributed by atoms with Crippen LogP contribution in [0.1, 0.15) is 6.92 Å². The largest absolute Gasteiger partial charge is 0.334 e. The Morgan fingerprint density at radius 2 is 1.77 bits per heavy atom. The van der Waals surface area contributed by atoms with Crippen LogP contribution >= 0.6 is 0 Å². The molecule has 5 heteroatoms. The molecule has 0 saturated carbocycles. The average Bonchev–Trinajstić information content (AvgIpc) is 2.31. The summed E-state index contributed by atoms with van der Waals surface area (Å²) in [5.41, 5.74) is 0. The molecule has 1 heterocycles. The van der Waals surface area contributed by atoms with Gasteiger partial charge in [0.15, 0.2) is 0 Å². The molecule has 0 spiro atoms. The molecule has 0 radical (unpaired) electrons. The standard InChI is InChI=1S/C8H10N2O3/c1-3-5-10-7(12)6(11)9(4-2)8(10)13/h3H,1,4-5H2,2H3. The Balaban J connectivity index is 2.91. The van der Waals surface area contributed by atoms with Crippen molar-refractivity contribution in [2.75, 3.05) is 13.1 Å². The number of rotatable bonds is 3. The highest BCUT2D eigenvalue weighted by Crippen LogP contribution is 2.10. The van der Waals surface area contributed by atoms with E-state index in [1.165, 1.54) is 6.08 Å². The van der Waals surface area contributed by atoms with Crippen molar-refractivity contribution in [3.05, 3.63) is 12.7 Å². The molecule has 1 aliphatic rings. The van der Waals surface area contributed by atoms with E-state index in [1.807, 2.05) is 0 Å². The Morgan fingerprint density at radius 3 is 2.15 bits per heavy atom. The Labute approximate surface area is 75.6 Å². The maximum Gasteiger partial charge on any atom is 0.334 e. The number of imide groups is 2. The predicted octanol–water partition coefficient (Wildman–Crippen LogP) is -0.0169. The molecule has 1 fully saturated rings. The highest BCUT2D eigenvalue weighted by atomic mass is 16.2. The molecule has 0 N–H and O–H groups in total. The van der Waals surface area contributed by atoms with E-state index >= 15 is 0 Å². The van der Waals surface area contributed by atoms with Crippen molar-refractivity contribution in [3.8, 4) is 0 Å². The Morgan fingerprint density at radius 1 is 1.23 bits per heavy atom. The van der Waals surface area contributed by atoms with E-state index in [0.29, 0.717) is 0 Å². The van der Waals surface area contributed by atoms with Crippen molar-refractivity contribution in [2.45, 2.75) is 6.92 Å². The van der Waals surface area contributed by atoms with Gasteiger partial charge in [0.05, 0.1) is 0 Å². The zero-order valence-corrected chi connectivity index (χ0v) is 7.32. The van der Waals surface area contributed by atoms with Crippen LogP contribution in [0, 0.1) is 0 Å². The first-order valence-electron chi connectivity index (χ1n) is 3.91. The average molecular weight is 182 g/mol. The third-order valence-corrected chi connectivity index (χ3v) is 1.76. The highest BCUT2D eigenvalue weighted by molar-refractivity contribution is 6.44. The minimum atomic E-state index is -0.772. The van der Waals surface area contributed by atoms with Crippen molar-refractivity contribution in [3.63, 3.8) is 0 Å². The lowest BCUT2D eigenvalue weighted by molar-refractivity contribution is -0.143. The Bertz CT molecular complexity index is 285. The van der Waals surface area contributed by atoms with E-state index in [0.717, 1.165) is 9.80 Å². The van der Waals surface area contributed by atoms with Gasteiger partial charge >= 0.3 is 17.8 Å². The molecule has 0 aromatic heterocycles. The molecule has 0 bridgehead atoms. The monoisotopic (exact) mass is 182 g/mol. The quantitative estimate of drug-likeness (QED) is 0.350. The van der Waals surface area contributed by atoms with E-state index in [1.54, 1.807) is 6.92 Å². The van der Waals surface area contributed by atoms with E-state index < -0.39 is 17.8 Å². The van der Waals surface area contributed by atoms with Crippen molar-refractivity contribution in [2.24, 2.45) is 0 Å². The predicted molar refractivity (Wildman–Crippen MR) is 44.7 cm³/mol. The number of hydrogen-bond acceptors (Lipinski definition) is 3. The number of urea groups is 1. The fourth-order valence-corrected chi connectivity index (χ4v) is 1.12. The van der Waals surface area contributed by atoms with Crippen molar-refractivity contribution < 1.29 is 14.4 Å². The minimum Gasteiger partial charge on any atom is -0.263 e. The molecule has 0 aromatic carbocycles. The van der Waals surface area contributed by atoms with Crippen LogP contribution in [-0.4, -0.2) is 40.7 Å². The maximum absolute atomic E-state index is 11.3. The number of nitrogens with zero attached hydrogens (tertiary/aromatic N) is 2. The zero-order valence-electron chi connectivity index (χ0n) is 7.32. The third-order valence-electron chi connectivity index (χ3n) is 1.76. The zero-order chi connectivity index (χ0) is 10.0. The maximum atomic E-state index is 11.3. The molecular weight excluding hydrogens is 172 g/mol. The summed E-state index contributed by atoms with van der Waals surface area (Å²) in [4.78, 5) is 35.3. The van der Waals surface area contributed by atoms with Gasteiger partial charge in [-0.25, -0.2) is 4.79 Å². The van der Waals surface area contributed by atoms with Crippen molar-refractivity contribution in [1.29, 1.82) is 0 Å². The molecule has 0 atom stereocenters. The third kappa shape index (κ3) is 1.32. The molecule has 13 heavy (non-hydrogen) atoms. The number of amides is 4. The fourth-order valence-electron chi connectivity index (χ4n) is 1.12. The fraction of sp³-hybridized carbons (Fsp3) is 0.375. The lowest BCUT2D eigenvalue weighted by Crippen LogP contribution is -2.33. The second-order valence-electron chi connectivity index (χ2n) is 2.54. The number of carbonyl (C=O) groups is 3. The summed E-state index contributed by atoms with van der Waals surface area (Å²) >= 11 is 0. The highest BCUT2D eigenvalue weighted by Gasteiger charge is 2.42.